The summed E-state index contributed by atoms with van der Waals surface area (Å²) in [6.07, 6.45) is 4.90. The number of ether oxygens (including phenoxy) is 2. The first-order valence-corrected chi connectivity index (χ1v) is 17.4. The Morgan fingerprint density at radius 3 is 2.40 bits per heavy atom. The van der Waals surface area contributed by atoms with E-state index in [-0.39, 0.29) is 25.8 Å². The van der Waals surface area contributed by atoms with Crippen molar-refractivity contribution < 1.29 is 24.5 Å². The molecule has 10 heteroatoms. The molecule has 5 aromatic rings. The molecular weight excluding hydrogens is 676 g/mol. The van der Waals surface area contributed by atoms with E-state index < -0.39 is 18.1 Å². The summed E-state index contributed by atoms with van der Waals surface area (Å²) in [5, 5.41) is 31.9. The number of aliphatic hydroxyl groups is 1. The highest BCUT2D eigenvalue weighted by Gasteiger charge is 2.32. The average Bonchev–Trinajstić information content (AvgIpc) is 3.52. The fourth-order valence-electron chi connectivity index (χ4n) is 6.58. The average molecular weight is 717 g/mol. The minimum absolute atomic E-state index is 0.0355. The molecule has 5 N–H and O–H groups in total. The van der Waals surface area contributed by atoms with E-state index in [9.17, 15) is 20.3 Å². The molecule has 1 aliphatic carbocycles. The van der Waals surface area contributed by atoms with Crippen LogP contribution in [0.5, 0.6) is 11.5 Å². The molecule has 1 heterocycles. The molecule has 0 fully saturated rings. The van der Waals surface area contributed by atoms with E-state index in [0.717, 1.165) is 35.1 Å². The van der Waals surface area contributed by atoms with Crippen molar-refractivity contribution in [3.63, 3.8) is 0 Å². The van der Waals surface area contributed by atoms with Crippen LogP contribution in [0.25, 0.3) is 22.3 Å². The maximum atomic E-state index is 11.8. The van der Waals surface area contributed by atoms with Crippen LogP contribution < -0.4 is 20.5 Å². The molecule has 0 saturated heterocycles. The van der Waals surface area contributed by atoms with Crippen LogP contribution in [0.2, 0.25) is 5.02 Å². The lowest BCUT2D eigenvalue weighted by atomic mass is 9.89. The molecule has 0 radical (unpaired) electrons. The van der Waals surface area contributed by atoms with Crippen molar-refractivity contribution >= 4 is 17.6 Å². The number of carboxylic acids is 1. The predicted octanol–water partition coefficient (Wildman–Crippen LogP) is 7.07. The summed E-state index contributed by atoms with van der Waals surface area (Å²) in [5.41, 5.74) is 16.8. The molecule has 0 spiro atoms. The van der Waals surface area contributed by atoms with Gasteiger partial charge in [-0.05, 0) is 95.8 Å². The van der Waals surface area contributed by atoms with Crippen molar-refractivity contribution in [1.82, 2.24) is 10.3 Å². The number of rotatable bonds is 13. The zero-order chi connectivity index (χ0) is 37.0. The number of nitrogens with two attached hydrogens (primary N) is 1. The number of aromatic nitrogens is 1. The van der Waals surface area contributed by atoms with E-state index >= 15 is 0 Å². The highest BCUT2D eigenvalue weighted by molar-refractivity contribution is 6.32. The minimum Gasteiger partial charge on any atom is -0.488 e. The Morgan fingerprint density at radius 2 is 1.65 bits per heavy atom. The number of pyridine rings is 1. The summed E-state index contributed by atoms with van der Waals surface area (Å²) in [5.74, 6) is -0.422. The smallest absolute Gasteiger partial charge is 0.326 e. The van der Waals surface area contributed by atoms with Gasteiger partial charge in [0.05, 0.1) is 17.2 Å². The van der Waals surface area contributed by atoms with Crippen molar-refractivity contribution in [1.29, 1.82) is 5.26 Å². The second-order valence-electron chi connectivity index (χ2n) is 13.5. The number of benzene rings is 4. The van der Waals surface area contributed by atoms with Crippen LogP contribution in [0.3, 0.4) is 0 Å². The summed E-state index contributed by atoms with van der Waals surface area (Å²) in [7, 11) is 0. The van der Waals surface area contributed by atoms with E-state index in [2.05, 4.69) is 72.7 Å². The van der Waals surface area contributed by atoms with Gasteiger partial charge in [-0.2, -0.15) is 5.26 Å². The Bertz CT molecular complexity index is 2180. The van der Waals surface area contributed by atoms with Gasteiger partial charge >= 0.3 is 5.97 Å². The topological polar surface area (TPSA) is 151 Å². The molecule has 52 heavy (non-hydrogen) atoms. The SMILES string of the molecule is Cc1c(COc2cc(OCc3cncc(C#N)c3)c(CNC(C)(CO)C(=O)O)cc2Cl)cccc1-c1cccc(-c2ccc3c(c2)CC(N)C3)c1C. The maximum absolute atomic E-state index is 11.8. The Balaban J connectivity index is 1.26. The minimum atomic E-state index is -1.58. The van der Waals surface area contributed by atoms with Gasteiger partial charge in [-0.25, -0.2) is 0 Å². The molecule has 9 nitrogen and oxygen atoms in total. The van der Waals surface area contributed by atoms with Crippen LogP contribution in [-0.4, -0.2) is 39.4 Å². The highest BCUT2D eigenvalue weighted by atomic mass is 35.5. The van der Waals surface area contributed by atoms with E-state index in [0.29, 0.717) is 33.2 Å². The molecule has 4 aromatic carbocycles. The Morgan fingerprint density at radius 1 is 0.942 bits per heavy atom. The lowest BCUT2D eigenvalue weighted by molar-refractivity contribution is -0.145. The number of nitriles is 1. The van der Waals surface area contributed by atoms with Gasteiger partial charge in [0.2, 0.25) is 0 Å². The van der Waals surface area contributed by atoms with E-state index in [4.69, 9.17) is 26.8 Å². The van der Waals surface area contributed by atoms with Gasteiger partial charge < -0.3 is 25.4 Å². The first-order chi connectivity index (χ1) is 25.0. The normalized spacial score (nSPS) is 14.7. The third-order valence-electron chi connectivity index (χ3n) is 9.83. The number of aliphatic carboxylic acids is 1. The number of hydrogen-bond donors (Lipinski definition) is 4. The van der Waals surface area contributed by atoms with Gasteiger partial charge in [-0.1, -0.05) is 66.2 Å². The van der Waals surface area contributed by atoms with Crippen molar-refractivity contribution in [2.45, 2.75) is 65.0 Å². The second kappa shape index (κ2) is 15.6. The van der Waals surface area contributed by atoms with E-state index in [1.165, 1.54) is 40.9 Å². The molecule has 6 rings (SSSR count). The number of fused-ring (bicyclic) bond motifs is 1. The number of hydrogen-bond acceptors (Lipinski definition) is 8. The van der Waals surface area contributed by atoms with Crippen molar-refractivity contribution in [3.05, 3.63) is 135 Å². The molecule has 0 bridgehead atoms. The van der Waals surface area contributed by atoms with Gasteiger partial charge in [0.1, 0.15) is 36.3 Å². The van der Waals surface area contributed by atoms with Crippen LogP contribution in [0.1, 0.15) is 51.4 Å². The van der Waals surface area contributed by atoms with Crippen molar-refractivity contribution in [2.75, 3.05) is 6.61 Å². The van der Waals surface area contributed by atoms with Gasteiger partial charge in [0.25, 0.3) is 0 Å². The number of carboxylic acid groups (broad SMARTS) is 1. The summed E-state index contributed by atoms with van der Waals surface area (Å²) in [4.78, 5) is 15.9. The Kier molecular flexibility index (Phi) is 10.9. The quantitative estimate of drug-likeness (QED) is 0.100. The van der Waals surface area contributed by atoms with Crippen LogP contribution in [0, 0.1) is 25.2 Å². The second-order valence-corrected chi connectivity index (χ2v) is 13.9. The van der Waals surface area contributed by atoms with E-state index in [1.807, 2.05) is 12.1 Å². The van der Waals surface area contributed by atoms with Gasteiger partial charge in [-0.3, -0.25) is 15.1 Å². The zero-order valence-corrected chi connectivity index (χ0v) is 30.1. The molecule has 0 amide bonds. The number of aliphatic hydroxyl groups excluding tert-OH is 1. The summed E-state index contributed by atoms with van der Waals surface area (Å²) >= 11 is 6.75. The third kappa shape index (κ3) is 7.81. The number of nitrogens with one attached hydrogen (secondary N) is 1. The standard InChI is InChI=1S/C42H41ClN4O5/c1-25-31(6-4-8-36(25)37-9-5-7-35(26(37)2)30-11-10-29-14-34(45)15-32(29)13-30)23-52-40-17-39(51-22-28-12-27(18-44)19-46-20-28)33(16-38(40)43)21-47-42(3,24-48)41(49)50/h4-13,16-17,19-20,34,47-48H,14-15,21-24,45H2,1-3H3,(H,49,50). The van der Waals surface area contributed by atoms with Crippen molar-refractivity contribution in [2.24, 2.45) is 5.73 Å². The molecule has 2 unspecified atom stereocenters. The molecule has 1 aliphatic rings. The summed E-state index contributed by atoms with van der Waals surface area (Å²) < 4.78 is 12.5. The van der Waals surface area contributed by atoms with Crippen LogP contribution in [-0.2, 0) is 37.4 Å². The first-order valence-electron chi connectivity index (χ1n) is 17.1. The van der Waals surface area contributed by atoms with Crippen molar-refractivity contribution in [3.8, 4) is 39.8 Å². The molecule has 1 aromatic heterocycles. The predicted molar refractivity (Wildman–Crippen MR) is 201 cm³/mol. The zero-order valence-electron chi connectivity index (χ0n) is 29.4. The molecule has 0 aliphatic heterocycles. The van der Waals surface area contributed by atoms with Gasteiger partial charge in [0.15, 0.2) is 0 Å². The van der Waals surface area contributed by atoms with Gasteiger partial charge in [-0.15, -0.1) is 0 Å². The fourth-order valence-corrected chi connectivity index (χ4v) is 6.83. The largest absolute Gasteiger partial charge is 0.488 e. The highest BCUT2D eigenvalue weighted by Crippen LogP contribution is 2.38. The number of nitrogens with zero attached hydrogens (tertiary/aromatic N) is 2. The Labute approximate surface area is 308 Å². The van der Waals surface area contributed by atoms with E-state index in [1.54, 1.807) is 24.4 Å². The van der Waals surface area contributed by atoms with Crippen LogP contribution >= 0.6 is 11.6 Å². The Hall–Kier alpha value is -5.24. The fraction of sp³-hybridized carbons (Fsp3) is 0.262. The number of carbonyl (C=O) groups is 1. The molecule has 266 valence electrons. The monoisotopic (exact) mass is 716 g/mol. The molecule has 0 saturated carbocycles. The summed E-state index contributed by atoms with van der Waals surface area (Å²) in [6, 6.07) is 26.6. The third-order valence-corrected chi connectivity index (χ3v) is 10.1. The summed E-state index contributed by atoms with van der Waals surface area (Å²) in [6.45, 7) is 5.38. The maximum Gasteiger partial charge on any atom is 0.326 e. The molecular formula is C42H41ClN4O5. The van der Waals surface area contributed by atoms with Crippen LogP contribution in [0.15, 0.2) is 85.2 Å². The molecule has 2 atom stereocenters. The lowest BCUT2D eigenvalue weighted by Gasteiger charge is -2.25. The number of halogens is 1. The lowest BCUT2D eigenvalue weighted by Crippen LogP contribution is -2.52. The first kappa shape index (κ1) is 36.5. The van der Waals surface area contributed by atoms with Gasteiger partial charge in [0, 0.05) is 42.2 Å². The van der Waals surface area contributed by atoms with Crippen LogP contribution in [0.4, 0.5) is 0 Å².